The number of Topliss-reactive ketones (excluding diaryl/α,β-unsaturated/α-hetero) is 1. The lowest BCUT2D eigenvalue weighted by molar-refractivity contribution is -0.163. The molecule has 7 heteroatoms. The summed E-state index contributed by atoms with van der Waals surface area (Å²) in [4.78, 5) is 40.4. The monoisotopic (exact) mass is 487 g/mol. The van der Waals surface area contributed by atoms with Gasteiger partial charge in [0.25, 0.3) is 0 Å². The van der Waals surface area contributed by atoms with Crippen molar-refractivity contribution >= 4 is 40.9 Å². The number of nitrogens with zero attached hydrogens (tertiary/aromatic N) is 1. The van der Waals surface area contributed by atoms with Crippen molar-refractivity contribution in [3.05, 3.63) is 69.7 Å². The van der Waals surface area contributed by atoms with Gasteiger partial charge < -0.3 is 10.0 Å². The zero-order valence-electron chi connectivity index (χ0n) is 18.6. The maximum atomic E-state index is 14.0. The first kappa shape index (κ1) is 23.8. The van der Waals surface area contributed by atoms with Gasteiger partial charge in [0.1, 0.15) is 0 Å². The number of rotatable bonds is 7. The van der Waals surface area contributed by atoms with E-state index < -0.39 is 23.5 Å². The molecule has 5 nitrogen and oxygen atoms in total. The molecule has 1 aliphatic heterocycles. The lowest BCUT2D eigenvalue weighted by atomic mass is 9.66. The fraction of sp³-hybridized carbons (Fsp3) is 0.423. The summed E-state index contributed by atoms with van der Waals surface area (Å²) in [5.74, 6) is -1.54. The summed E-state index contributed by atoms with van der Waals surface area (Å²) >= 11 is 12.5. The van der Waals surface area contributed by atoms with E-state index in [1.165, 1.54) is 6.92 Å². The molecular weight excluding hydrogens is 461 g/mol. The van der Waals surface area contributed by atoms with Crippen molar-refractivity contribution in [3.8, 4) is 0 Å². The SMILES string of the molecule is CC(=O)C(C1CC1)N1C(=O)C(C)(CC(=O)O)CC(c2cccc(Cl)c2)C1c1ccc(Cl)cc1. The summed E-state index contributed by atoms with van der Waals surface area (Å²) in [6, 6.07) is 13.8. The highest BCUT2D eigenvalue weighted by Crippen LogP contribution is 2.54. The quantitative estimate of drug-likeness (QED) is 0.527. The Morgan fingerprint density at radius 3 is 2.30 bits per heavy atom. The lowest BCUT2D eigenvalue weighted by Gasteiger charge is -2.51. The number of hydrogen-bond acceptors (Lipinski definition) is 3. The number of carboxylic acid groups (broad SMARTS) is 1. The van der Waals surface area contributed by atoms with Gasteiger partial charge in [-0.25, -0.2) is 0 Å². The van der Waals surface area contributed by atoms with Crippen molar-refractivity contribution in [1.29, 1.82) is 0 Å². The van der Waals surface area contributed by atoms with Crippen LogP contribution in [0.25, 0.3) is 0 Å². The summed E-state index contributed by atoms with van der Waals surface area (Å²) in [7, 11) is 0. The Balaban J connectivity index is 1.93. The number of amides is 1. The maximum Gasteiger partial charge on any atom is 0.304 e. The number of piperidine rings is 1. The molecule has 4 atom stereocenters. The summed E-state index contributed by atoms with van der Waals surface area (Å²) in [5.41, 5.74) is 0.626. The summed E-state index contributed by atoms with van der Waals surface area (Å²) in [5, 5.41) is 10.8. The second-order valence-electron chi connectivity index (χ2n) is 9.60. The second-order valence-corrected chi connectivity index (χ2v) is 10.5. The van der Waals surface area contributed by atoms with E-state index in [1.54, 1.807) is 30.0 Å². The lowest BCUT2D eigenvalue weighted by Crippen LogP contribution is -2.58. The Morgan fingerprint density at radius 1 is 1.09 bits per heavy atom. The van der Waals surface area contributed by atoms with Crippen molar-refractivity contribution in [2.24, 2.45) is 11.3 Å². The van der Waals surface area contributed by atoms with E-state index >= 15 is 0 Å². The van der Waals surface area contributed by atoms with E-state index in [0.29, 0.717) is 16.5 Å². The Hall–Kier alpha value is -2.37. The molecule has 0 spiro atoms. The first-order chi connectivity index (χ1) is 15.6. The van der Waals surface area contributed by atoms with Crippen LogP contribution in [-0.2, 0) is 14.4 Å². The Labute approximate surface area is 203 Å². The van der Waals surface area contributed by atoms with Crippen LogP contribution < -0.4 is 0 Å². The molecule has 2 fully saturated rings. The van der Waals surface area contributed by atoms with Gasteiger partial charge in [-0.05, 0) is 67.5 Å². The minimum absolute atomic E-state index is 0.0748. The molecular formula is C26H27Cl2NO4. The third kappa shape index (κ3) is 4.80. The molecule has 2 aliphatic rings. The van der Waals surface area contributed by atoms with Gasteiger partial charge in [0.15, 0.2) is 5.78 Å². The predicted molar refractivity (Wildman–Crippen MR) is 127 cm³/mol. The molecule has 0 radical (unpaired) electrons. The van der Waals surface area contributed by atoms with Gasteiger partial charge in [-0.3, -0.25) is 14.4 Å². The molecule has 0 bridgehead atoms. The first-order valence-corrected chi connectivity index (χ1v) is 11.9. The van der Waals surface area contributed by atoms with Gasteiger partial charge in [0, 0.05) is 16.0 Å². The highest BCUT2D eigenvalue weighted by molar-refractivity contribution is 6.30. The van der Waals surface area contributed by atoms with Gasteiger partial charge >= 0.3 is 5.97 Å². The molecule has 174 valence electrons. The number of carbonyl (C=O) groups excluding carboxylic acids is 2. The maximum absolute atomic E-state index is 14.0. The minimum Gasteiger partial charge on any atom is -0.481 e. The molecule has 2 aromatic carbocycles. The average molecular weight is 488 g/mol. The Kier molecular flexibility index (Phi) is 6.56. The normalized spacial score (nSPS) is 26.2. The standard InChI is InChI=1S/C26H27Cl2NO4/c1-15(30)23(16-6-7-16)29-24(17-8-10-19(27)11-9-17)21(18-4-3-5-20(28)12-18)13-26(2,25(29)33)14-22(31)32/h3-5,8-12,16,21,23-24H,6-7,13-14H2,1-2H3,(H,31,32). The van der Waals surface area contributed by atoms with E-state index in [1.807, 2.05) is 30.3 Å². The van der Waals surface area contributed by atoms with Gasteiger partial charge in [-0.1, -0.05) is 54.4 Å². The van der Waals surface area contributed by atoms with Crippen LogP contribution in [0.1, 0.15) is 62.6 Å². The zero-order valence-corrected chi connectivity index (χ0v) is 20.1. The highest BCUT2D eigenvalue weighted by Gasteiger charge is 2.55. The molecule has 33 heavy (non-hydrogen) atoms. The van der Waals surface area contributed by atoms with Crippen LogP contribution in [0.15, 0.2) is 48.5 Å². The Morgan fingerprint density at radius 2 is 1.76 bits per heavy atom. The van der Waals surface area contributed by atoms with Crippen molar-refractivity contribution in [2.45, 2.75) is 57.5 Å². The van der Waals surface area contributed by atoms with Crippen molar-refractivity contribution in [1.82, 2.24) is 4.90 Å². The summed E-state index contributed by atoms with van der Waals surface area (Å²) < 4.78 is 0. The number of likely N-dealkylation sites (tertiary alicyclic amines) is 1. The topological polar surface area (TPSA) is 74.7 Å². The van der Waals surface area contributed by atoms with Gasteiger partial charge in [0.05, 0.1) is 23.9 Å². The number of hydrogen-bond donors (Lipinski definition) is 1. The fourth-order valence-corrected chi connectivity index (χ4v) is 5.68. The van der Waals surface area contributed by atoms with E-state index in [9.17, 15) is 19.5 Å². The first-order valence-electron chi connectivity index (χ1n) is 11.2. The van der Waals surface area contributed by atoms with Crippen LogP contribution in [-0.4, -0.2) is 33.7 Å². The third-order valence-corrected chi connectivity index (χ3v) is 7.40. The van der Waals surface area contributed by atoms with E-state index in [-0.39, 0.29) is 29.9 Å². The van der Waals surface area contributed by atoms with E-state index in [4.69, 9.17) is 23.2 Å². The number of carboxylic acids is 1. The molecule has 4 unspecified atom stereocenters. The molecule has 1 amide bonds. The van der Waals surface area contributed by atoms with Gasteiger partial charge in [-0.2, -0.15) is 0 Å². The number of aliphatic carboxylic acids is 1. The second kappa shape index (κ2) is 9.11. The number of carbonyl (C=O) groups is 3. The van der Waals surface area contributed by atoms with Crippen LogP contribution >= 0.6 is 23.2 Å². The molecule has 1 saturated carbocycles. The number of ketones is 1. The molecule has 4 rings (SSSR count). The largest absolute Gasteiger partial charge is 0.481 e. The molecule has 2 aromatic rings. The highest BCUT2D eigenvalue weighted by atomic mass is 35.5. The smallest absolute Gasteiger partial charge is 0.304 e. The van der Waals surface area contributed by atoms with E-state index in [2.05, 4.69) is 0 Å². The van der Waals surface area contributed by atoms with Crippen molar-refractivity contribution in [3.63, 3.8) is 0 Å². The van der Waals surface area contributed by atoms with E-state index in [0.717, 1.165) is 24.0 Å². The van der Waals surface area contributed by atoms with Gasteiger partial charge in [0.2, 0.25) is 5.91 Å². The van der Waals surface area contributed by atoms with Crippen LogP contribution in [0.4, 0.5) is 0 Å². The van der Waals surface area contributed by atoms with Crippen LogP contribution in [0.2, 0.25) is 10.0 Å². The van der Waals surface area contributed by atoms with Crippen molar-refractivity contribution < 1.29 is 19.5 Å². The van der Waals surface area contributed by atoms with Crippen LogP contribution in [0, 0.1) is 11.3 Å². The fourth-order valence-electron chi connectivity index (χ4n) is 5.35. The molecule has 1 N–H and O–H groups in total. The van der Waals surface area contributed by atoms with Crippen molar-refractivity contribution in [2.75, 3.05) is 0 Å². The zero-order chi connectivity index (χ0) is 23.9. The average Bonchev–Trinajstić information content (AvgIpc) is 3.56. The number of halogens is 2. The summed E-state index contributed by atoms with van der Waals surface area (Å²) in [6.45, 7) is 3.23. The molecule has 1 aliphatic carbocycles. The molecule has 1 saturated heterocycles. The predicted octanol–water partition coefficient (Wildman–Crippen LogP) is 5.90. The van der Waals surface area contributed by atoms with Crippen LogP contribution in [0.3, 0.4) is 0 Å². The minimum atomic E-state index is -1.15. The molecule has 1 heterocycles. The van der Waals surface area contributed by atoms with Crippen LogP contribution in [0.5, 0.6) is 0 Å². The number of benzene rings is 2. The third-order valence-electron chi connectivity index (χ3n) is 6.92. The van der Waals surface area contributed by atoms with Gasteiger partial charge in [-0.15, -0.1) is 0 Å². The molecule has 0 aromatic heterocycles. The Bertz CT molecular complexity index is 1080. The summed E-state index contributed by atoms with van der Waals surface area (Å²) in [6.07, 6.45) is 1.78.